The highest BCUT2D eigenvalue weighted by Crippen LogP contribution is 2.26. The Morgan fingerprint density at radius 3 is 2.72 bits per heavy atom. The van der Waals surface area contributed by atoms with E-state index in [1.807, 2.05) is 13.0 Å². The Hall–Kier alpha value is -1.18. The van der Waals surface area contributed by atoms with Gasteiger partial charge >= 0.3 is 5.97 Å². The van der Waals surface area contributed by atoms with Crippen LogP contribution in [0.4, 0.5) is 0 Å². The normalized spacial score (nSPS) is 17.5. The average molecular weight is 287 g/mol. The van der Waals surface area contributed by atoms with E-state index < -0.39 is 16.0 Å². The number of carbonyl (C=O) groups is 1. The molecule has 1 aromatic rings. The first-order chi connectivity index (χ1) is 8.41. The Labute approximate surface area is 109 Å². The molecule has 1 aliphatic rings. The van der Waals surface area contributed by atoms with Crippen LogP contribution in [0.2, 0.25) is 0 Å². The number of thiophene rings is 1. The Morgan fingerprint density at radius 2 is 2.22 bits per heavy atom. The van der Waals surface area contributed by atoms with E-state index in [1.165, 1.54) is 21.3 Å². The number of carboxylic acids is 1. The smallest absolute Gasteiger partial charge is 0.336 e. The van der Waals surface area contributed by atoms with Gasteiger partial charge < -0.3 is 5.11 Å². The number of hydrogen-bond acceptors (Lipinski definition) is 4. The minimum atomic E-state index is -3.55. The molecule has 0 unspecified atom stereocenters. The molecule has 7 heteroatoms. The molecule has 1 aliphatic heterocycles. The van der Waals surface area contributed by atoms with Crippen LogP contribution in [0.5, 0.6) is 0 Å². The molecule has 98 valence electrons. The molecule has 0 radical (unpaired) electrons. The molecular formula is C11H13NO4S2. The summed E-state index contributed by atoms with van der Waals surface area (Å²) in [7, 11) is -3.55. The standard InChI is InChI=1S/C11H13NO4S2/c1-8-2-4-12(5-3-8)18(15,16)10-6-9(7-17-10)11(13)14/h2,6-7H,3-5H2,1H3,(H,13,14). The molecule has 0 aliphatic carbocycles. The fourth-order valence-electron chi connectivity index (χ4n) is 1.66. The lowest BCUT2D eigenvalue weighted by Crippen LogP contribution is -2.34. The largest absolute Gasteiger partial charge is 0.478 e. The van der Waals surface area contributed by atoms with E-state index in [2.05, 4.69) is 0 Å². The second kappa shape index (κ2) is 4.83. The van der Waals surface area contributed by atoms with Gasteiger partial charge in [0.05, 0.1) is 5.56 Å². The van der Waals surface area contributed by atoms with Gasteiger partial charge in [0, 0.05) is 18.5 Å². The Kier molecular flexibility index (Phi) is 3.56. The fraction of sp³-hybridized carbons (Fsp3) is 0.364. The molecule has 0 fully saturated rings. The number of rotatable bonds is 3. The highest BCUT2D eigenvalue weighted by Gasteiger charge is 2.27. The third kappa shape index (κ3) is 2.47. The summed E-state index contributed by atoms with van der Waals surface area (Å²) < 4.78 is 26.0. The van der Waals surface area contributed by atoms with Crippen molar-refractivity contribution in [3.05, 3.63) is 28.7 Å². The van der Waals surface area contributed by atoms with E-state index in [0.717, 1.165) is 17.8 Å². The van der Waals surface area contributed by atoms with E-state index in [9.17, 15) is 13.2 Å². The molecule has 0 bridgehead atoms. The zero-order valence-corrected chi connectivity index (χ0v) is 11.4. The SMILES string of the molecule is CC1=CCN(S(=O)(=O)c2cc(C(=O)O)cs2)CC1. The molecule has 0 saturated carbocycles. The number of nitrogens with zero attached hydrogens (tertiary/aromatic N) is 1. The van der Waals surface area contributed by atoms with E-state index in [0.29, 0.717) is 13.1 Å². The molecule has 1 N–H and O–H groups in total. The summed E-state index contributed by atoms with van der Waals surface area (Å²) in [6.45, 7) is 2.77. The van der Waals surface area contributed by atoms with Crippen LogP contribution < -0.4 is 0 Å². The molecule has 1 aromatic heterocycles. The Balaban J connectivity index is 2.28. The number of hydrogen-bond donors (Lipinski definition) is 1. The van der Waals surface area contributed by atoms with Gasteiger partial charge in [-0.2, -0.15) is 4.31 Å². The predicted octanol–water partition coefficient (Wildman–Crippen LogP) is 1.79. The van der Waals surface area contributed by atoms with Crippen LogP contribution >= 0.6 is 11.3 Å². The lowest BCUT2D eigenvalue weighted by Gasteiger charge is -2.23. The first kappa shape index (κ1) is 13.3. The van der Waals surface area contributed by atoms with E-state index in [-0.39, 0.29) is 9.77 Å². The van der Waals surface area contributed by atoms with Crippen molar-refractivity contribution in [3.8, 4) is 0 Å². The molecule has 2 heterocycles. The summed E-state index contributed by atoms with van der Waals surface area (Å²) in [5.74, 6) is -1.11. The molecule has 0 spiro atoms. The molecule has 0 aromatic carbocycles. The second-order valence-corrected chi connectivity index (χ2v) is 7.20. The summed E-state index contributed by atoms with van der Waals surface area (Å²) in [5, 5.41) is 10.1. The van der Waals surface area contributed by atoms with Gasteiger partial charge in [-0.05, 0) is 19.4 Å². The van der Waals surface area contributed by atoms with Crippen molar-refractivity contribution in [1.82, 2.24) is 4.31 Å². The van der Waals surface area contributed by atoms with Gasteiger partial charge in [-0.3, -0.25) is 0 Å². The number of carboxylic acid groups (broad SMARTS) is 1. The number of aromatic carboxylic acids is 1. The second-order valence-electron chi connectivity index (χ2n) is 4.12. The first-order valence-electron chi connectivity index (χ1n) is 5.39. The van der Waals surface area contributed by atoms with E-state index in [1.54, 1.807) is 0 Å². The molecule has 5 nitrogen and oxygen atoms in total. The highest BCUT2D eigenvalue weighted by atomic mass is 32.2. The van der Waals surface area contributed by atoms with E-state index >= 15 is 0 Å². The highest BCUT2D eigenvalue weighted by molar-refractivity contribution is 7.91. The van der Waals surface area contributed by atoms with Crippen LogP contribution in [0.15, 0.2) is 27.3 Å². The quantitative estimate of drug-likeness (QED) is 0.860. The average Bonchev–Trinajstić information content (AvgIpc) is 2.79. The van der Waals surface area contributed by atoms with E-state index in [4.69, 9.17) is 5.11 Å². The third-order valence-corrected chi connectivity index (χ3v) is 6.10. The molecule has 2 rings (SSSR count). The van der Waals surface area contributed by atoms with Gasteiger partial charge in [-0.15, -0.1) is 11.3 Å². The molecular weight excluding hydrogens is 274 g/mol. The Bertz CT molecular complexity index is 600. The third-order valence-electron chi connectivity index (χ3n) is 2.82. The summed E-state index contributed by atoms with van der Waals surface area (Å²) in [4.78, 5) is 10.7. The van der Waals surface area contributed by atoms with Gasteiger partial charge in [0.25, 0.3) is 10.0 Å². The first-order valence-corrected chi connectivity index (χ1v) is 7.71. The van der Waals surface area contributed by atoms with Gasteiger partial charge in [-0.1, -0.05) is 11.6 Å². The lowest BCUT2D eigenvalue weighted by molar-refractivity contribution is 0.0697. The number of sulfonamides is 1. The summed E-state index contributed by atoms with van der Waals surface area (Å²) in [6.07, 6.45) is 2.60. The maximum absolute atomic E-state index is 12.2. The van der Waals surface area contributed by atoms with Gasteiger partial charge in [0.2, 0.25) is 0 Å². The lowest BCUT2D eigenvalue weighted by atomic mass is 10.1. The van der Waals surface area contributed by atoms with Crippen molar-refractivity contribution in [2.45, 2.75) is 17.6 Å². The van der Waals surface area contributed by atoms with Crippen LogP contribution in [0, 0.1) is 0 Å². The van der Waals surface area contributed by atoms with Crippen LogP contribution in [0.3, 0.4) is 0 Å². The summed E-state index contributed by atoms with van der Waals surface area (Å²) in [6, 6.07) is 1.22. The van der Waals surface area contributed by atoms with Crippen LogP contribution in [0.25, 0.3) is 0 Å². The van der Waals surface area contributed by atoms with Crippen molar-refractivity contribution in [1.29, 1.82) is 0 Å². The molecule has 0 saturated heterocycles. The van der Waals surface area contributed by atoms with Crippen molar-refractivity contribution >= 4 is 27.3 Å². The summed E-state index contributed by atoms with van der Waals surface area (Å²) in [5.41, 5.74) is 1.20. The molecule has 0 atom stereocenters. The zero-order chi connectivity index (χ0) is 13.3. The minimum absolute atomic E-state index is 0.0160. The van der Waals surface area contributed by atoms with Crippen molar-refractivity contribution < 1.29 is 18.3 Å². The topological polar surface area (TPSA) is 74.7 Å². The fourth-order valence-corrected chi connectivity index (χ4v) is 4.35. The van der Waals surface area contributed by atoms with Crippen molar-refractivity contribution in [3.63, 3.8) is 0 Å². The monoisotopic (exact) mass is 287 g/mol. The zero-order valence-electron chi connectivity index (χ0n) is 9.79. The van der Waals surface area contributed by atoms with Crippen LogP contribution in [-0.4, -0.2) is 36.9 Å². The van der Waals surface area contributed by atoms with Crippen molar-refractivity contribution in [2.24, 2.45) is 0 Å². The Morgan fingerprint density at radius 1 is 1.50 bits per heavy atom. The molecule has 18 heavy (non-hydrogen) atoms. The van der Waals surface area contributed by atoms with Crippen molar-refractivity contribution in [2.75, 3.05) is 13.1 Å². The predicted molar refractivity (Wildman–Crippen MR) is 68.4 cm³/mol. The summed E-state index contributed by atoms with van der Waals surface area (Å²) >= 11 is 0.948. The van der Waals surface area contributed by atoms with Crippen LogP contribution in [0.1, 0.15) is 23.7 Å². The maximum Gasteiger partial charge on any atom is 0.336 e. The maximum atomic E-state index is 12.2. The van der Waals surface area contributed by atoms with Gasteiger partial charge in [0.1, 0.15) is 4.21 Å². The van der Waals surface area contributed by atoms with Crippen LogP contribution in [-0.2, 0) is 10.0 Å². The minimum Gasteiger partial charge on any atom is -0.478 e. The van der Waals surface area contributed by atoms with Gasteiger partial charge in [0.15, 0.2) is 0 Å². The molecule has 0 amide bonds. The van der Waals surface area contributed by atoms with Gasteiger partial charge in [-0.25, -0.2) is 13.2 Å².